The lowest BCUT2D eigenvalue weighted by Crippen LogP contribution is -2.49. The lowest BCUT2D eigenvalue weighted by molar-refractivity contribution is -0.136. The fourth-order valence-corrected chi connectivity index (χ4v) is 2.76. The van der Waals surface area contributed by atoms with Gasteiger partial charge in [-0.2, -0.15) is 0 Å². The van der Waals surface area contributed by atoms with Crippen LogP contribution >= 0.6 is 24.8 Å². The number of hydrogen-bond acceptors (Lipinski definition) is 4. The van der Waals surface area contributed by atoms with Gasteiger partial charge in [-0.05, 0) is 31.0 Å². The van der Waals surface area contributed by atoms with Crippen LogP contribution in [0.2, 0.25) is 0 Å². The second kappa shape index (κ2) is 8.62. The van der Waals surface area contributed by atoms with Crippen molar-refractivity contribution in [2.75, 3.05) is 19.8 Å². The Labute approximate surface area is 151 Å². The van der Waals surface area contributed by atoms with Gasteiger partial charge in [0.2, 0.25) is 5.91 Å². The summed E-state index contributed by atoms with van der Waals surface area (Å²) < 4.78 is 18.5. The van der Waals surface area contributed by atoms with Crippen LogP contribution in [0, 0.1) is 11.2 Å². The van der Waals surface area contributed by atoms with Gasteiger partial charge in [-0.3, -0.25) is 4.79 Å². The van der Waals surface area contributed by atoms with Gasteiger partial charge in [-0.25, -0.2) is 9.37 Å². The van der Waals surface area contributed by atoms with Crippen molar-refractivity contribution < 1.29 is 13.9 Å². The van der Waals surface area contributed by atoms with Gasteiger partial charge in [-0.1, -0.05) is 0 Å². The Hall–Kier alpha value is -1.41. The highest BCUT2D eigenvalue weighted by atomic mass is 35.5. The highest BCUT2D eigenvalue weighted by Gasteiger charge is 2.38. The standard InChI is InChI=1S/C15H19FN4O2.2ClH/c16-10-1-2-11-12(7-10)20-13(19-11)8-18-14(21)15(9-17)3-5-22-6-4-15;;/h1-2,7H,3-6,8-9,17H2,(H,18,21)(H,19,20);2*1H. The van der Waals surface area contributed by atoms with Crippen LogP contribution in [0.3, 0.4) is 0 Å². The molecule has 0 spiro atoms. The quantitative estimate of drug-likeness (QED) is 0.757. The van der Waals surface area contributed by atoms with E-state index >= 15 is 0 Å². The fourth-order valence-electron chi connectivity index (χ4n) is 2.76. The normalized spacial score (nSPS) is 16.1. The van der Waals surface area contributed by atoms with Gasteiger partial charge in [0.15, 0.2) is 0 Å². The Morgan fingerprint density at radius 2 is 2.08 bits per heavy atom. The first-order chi connectivity index (χ1) is 10.6. The highest BCUT2D eigenvalue weighted by Crippen LogP contribution is 2.29. The minimum Gasteiger partial charge on any atom is -0.381 e. The van der Waals surface area contributed by atoms with Crippen molar-refractivity contribution >= 4 is 41.8 Å². The largest absolute Gasteiger partial charge is 0.381 e. The molecule has 1 aromatic carbocycles. The van der Waals surface area contributed by atoms with Gasteiger partial charge in [0.25, 0.3) is 0 Å². The van der Waals surface area contributed by atoms with Crippen LogP contribution < -0.4 is 11.1 Å². The summed E-state index contributed by atoms with van der Waals surface area (Å²) in [6.45, 7) is 1.66. The smallest absolute Gasteiger partial charge is 0.228 e. The molecule has 1 aliphatic rings. The van der Waals surface area contributed by atoms with E-state index in [0.717, 1.165) is 0 Å². The van der Waals surface area contributed by atoms with Crippen LogP contribution in [0.1, 0.15) is 18.7 Å². The van der Waals surface area contributed by atoms with Crippen molar-refractivity contribution in [2.24, 2.45) is 11.1 Å². The second-order valence-corrected chi connectivity index (χ2v) is 5.62. The third-order valence-corrected chi connectivity index (χ3v) is 4.23. The Bertz CT molecular complexity index is 689. The molecule has 6 nitrogen and oxygen atoms in total. The molecule has 2 aromatic rings. The van der Waals surface area contributed by atoms with Crippen LogP contribution in [-0.2, 0) is 16.1 Å². The Morgan fingerprint density at radius 3 is 2.75 bits per heavy atom. The lowest BCUT2D eigenvalue weighted by atomic mass is 9.79. The molecule has 1 aromatic heterocycles. The Balaban J connectivity index is 0.00000144. The van der Waals surface area contributed by atoms with Crippen LogP contribution in [0.15, 0.2) is 18.2 Å². The molecule has 4 N–H and O–H groups in total. The molecular formula is C15H21Cl2FN4O2. The first-order valence-electron chi connectivity index (χ1n) is 7.33. The molecule has 1 aliphatic heterocycles. The number of hydrogen-bond donors (Lipinski definition) is 3. The number of imidazole rings is 1. The average molecular weight is 379 g/mol. The minimum absolute atomic E-state index is 0. The molecular weight excluding hydrogens is 358 g/mol. The number of nitrogens with two attached hydrogens (primary N) is 1. The first-order valence-corrected chi connectivity index (χ1v) is 7.33. The third kappa shape index (κ3) is 4.16. The molecule has 1 saturated heterocycles. The maximum absolute atomic E-state index is 13.2. The van der Waals surface area contributed by atoms with Gasteiger partial charge in [0.05, 0.1) is 23.0 Å². The summed E-state index contributed by atoms with van der Waals surface area (Å²) >= 11 is 0. The molecule has 0 atom stereocenters. The summed E-state index contributed by atoms with van der Waals surface area (Å²) in [7, 11) is 0. The maximum Gasteiger partial charge on any atom is 0.228 e. The van der Waals surface area contributed by atoms with E-state index in [2.05, 4.69) is 15.3 Å². The summed E-state index contributed by atoms with van der Waals surface area (Å²) in [6.07, 6.45) is 1.25. The van der Waals surface area contributed by atoms with Gasteiger partial charge in [0, 0.05) is 19.8 Å². The first kappa shape index (κ1) is 20.6. The molecule has 0 unspecified atom stereocenters. The van der Waals surface area contributed by atoms with Crippen LogP contribution in [0.5, 0.6) is 0 Å². The topological polar surface area (TPSA) is 93.0 Å². The zero-order chi connectivity index (χ0) is 15.6. The number of aromatic nitrogens is 2. The highest BCUT2D eigenvalue weighted by molar-refractivity contribution is 5.85. The molecule has 2 heterocycles. The average Bonchev–Trinajstić information content (AvgIpc) is 2.95. The van der Waals surface area contributed by atoms with E-state index in [0.29, 0.717) is 49.5 Å². The van der Waals surface area contributed by atoms with Crippen molar-refractivity contribution in [1.29, 1.82) is 0 Å². The van der Waals surface area contributed by atoms with E-state index < -0.39 is 5.41 Å². The number of H-pyrrole nitrogens is 1. The van der Waals surface area contributed by atoms with Gasteiger partial charge >= 0.3 is 0 Å². The van der Waals surface area contributed by atoms with Crippen LogP contribution in [0.25, 0.3) is 11.0 Å². The summed E-state index contributed by atoms with van der Waals surface area (Å²) in [4.78, 5) is 19.8. The van der Waals surface area contributed by atoms with E-state index in [1.54, 1.807) is 6.07 Å². The van der Waals surface area contributed by atoms with Crippen LogP contribution in [0.4, 0.5) is 4.39 Å². The molecule has 1 amide bonds. The molecule has 0 bridgehead atoms. The number of amides is 1. The van der Waals surface area contributed by atoms with E-state index in [9.17, 15) is 9.18 Å². The molecule has 24 heavy (non-hydrogen) atoms. The van der Waals surface area contributed by atoms with Crippen molar-refractivity contribution in [2.45, 2.75) is 19.4 Å². The third-order valence-electron chi connectivity index (χ3n) is 4.23. The molecule has 0 saturated carbocycles. The molecule has 3 rings (SSSR count). The monoisotopic (exact) mass is 378 g/mol. The zero-order valence-corrected chi connectivity index (χ0v) is 14.6. The number of nitrogens with one attached hydrogen (secondary N) is 2. The van der Waals surface area contributed by atoms with Crippen molar-refractivity contribution in [3.8, 4) is 0 Å². The van der Waals surface area contributed by atoms with E-state index in [1.807, 2.05) is 0 Å². The number of benzene rings is 1. The SMILES string of the molecule is Cl.Cl.NCC1(C(=O)NCc2nc3ccc(F)cc3[nH]2)CCOCC1. The number of carbonyl (C=O) groups is 1. The maximum atomic E-state index is 13.2. The number of carbonyl (C=O) groups excluding carboxylic acids is 1. The van der Waals surface area contributed by atoms with Crippen molar-refractivity contribution in [3.63, 3.8) is 0 Å². The Kier molecular flexibility index (Phi) is 7.41. The molecule has 9 heteroatoms. The molecule has 0 radical (unpaired) electrons. The van der Waals surface area contributed by atoms with E-state index in [4.69, 9.17) is 10.5 Å². The van der Waals surface area contributed by atoms with Gasteiger partial charge < -0.3 is 20.8 Å². The molecule has 1 fully saturated rings. The lowest BCUT2D eigenvalue weighted by Gasteiger charge is -2.34. The Morgan fingerprint density at radius 1 is 1.38 bits per heavy atom. The summed E-state index contributed by atoms with van der Waals surface area (Å²) in [6, 6.07) is 4.34. The molecule has 134 valence electrons. The summed E-state index contributed by atoms with van der Waals surface area (Å²) in [5.74, 6) is 0.189. The van der Waals surface area contributed by atoms with Crippen LogP contribution in [-0.4, -0.2) is 35.6 Å². The number of rotatable bonds is 4. The van der Waals surface area contributed by atoms with E-state index in [-0.39, 0.29) is 43.1 Å². The zero-order valence-electron chi connectivity index (χ0n) is 13.0. The fraction of sp³-hybridized carbons (Fsp3) is 0.467. The van der Waals surface area contributed by atoms with Crippen molar-refractivity contribution in [3.05, 3.63) is 29.8 Å². The number of aromatic amines is 1. The number of ether oxygens (including phenoxy) is 1. The number of halogens is 3. The number of fused-ring (bicyclic) bond motifs is 1. The number of nitrogens with zero attached hydrogens (tertiary/aromatic N) is 1. The second-order valence-electron chi connectivity index (χ2n) is 5.62. The van der Waals surface area contributed by atoms with E-state index in [1.165, 1.54) is 12.1 Å². The predicted octanol–water partition coefficient (Wildman–Crippen LogP) is 1.92. The van der Waals surface area contributed by atoms with Gasteiger partial charge in [-0.15, -0.1) is 24.8 Å². The van der Waals surface area contributed by atoms with Crippen molar-refractivity contribution in [1.82, 2.24) is 15.3 Å². The minimum atomic E-state index is -0.559. The predicted molar refractivity (Wildman–Crippen MR) is 93.9 cm³/mol. The summed E-state index contributed by atoms with van der Waals surface area (Å²) in [5.41, 5.74) is 6.53. The summed E-state index contributed by atoms with van der Waals surface area (Å²) in [5, 5.41) is 2.87. The van der Waals surface area contributed by atoms with Gasteiger partial charge in [0.1, 0.15) is 11.6 Å². The molecule has 0 aliphatic carbocycles.